The molecule has 14 heavy (non-hydrogen) atoms. The van der Waals surface area contributed by atoms with Gasteiger partial charge in [-0.1, -0.05) is 30.4 Å². The summed E-state index contributed by atoms with van der Waals surface area (Å²) in [6, 6.07) is 6.21. The zero-order valence-corrected chi connectivity index (χ0v) is 9.33. The predicted molar refractivity (Wildman–Crippen MR) is 61.2 cm³/mol. The van der Waals surface area contributed by atoms with Gasteiger partial charge in [-0.15, -0.1) is 0 Å². The largest absolute Gasteiger partial charge is 0.386 e. The van der Waals surface area contributed by atoms with E-state index in [0.29, 0.717) is 0 Å². The second-order valence-corrected chi connectivity index (χ2v) is 4.29. The maximum Gasteiger partial charge on any atom is 0.0774 e. The number of aliphatic hydroxyl groups is 1. The van der Waals surface area contributed by atoms with Crippen LogP contribution in [0, 0.1) is 13.8 Å². The van der Waals surface area contributed by atoms with Crippen molar-refractivity contribution >= 4 is 6.08 Å². The Morgan fingerprint density at radius 2 is 1.64 bits per heavy atom. The maximum absolute atomic E-state index is 9.57. The molecular formula is C13H18O. The van der Waals surface area contributed by atoms with Crippen LogP contribution in [0.15, 0.2) is 24.3 Å². The maximum atomic E-state index is 9.57. The highest BCUT2D eigenvalue weighted by Crippen LogP contribution is 2.16. The van der Waals surface area contributed by atoms with Crippen LogP contribution in [-0.2, 0) is 0 Å². The first-order valence-electron chi connectivity index (χ1n) is 4.88. The summed E-state index contributed by atoms with van der Waals surface area (Å²) >= 11 is 0. The second kappa shape index (κ2) is 3.97. The van der Waals surface area contributed by atoms with Crippen molar-refractivity contribution in [3.8, 4) is 0 Å². The Morgan fingerprint density at radius 1 is 1.14 bits per heavy atom. The van der Waals surface area contributed by atoms with E-state index in [-0.39, 0.29) is 0 Å². The number of aryl methyl sites for hydroxylation is 2. The molecule has 0 saturated heterocycles. The molecule has 0 heterocycles. The summed E-state index contributed by atoms with van der Waals surface area (Å²) in [5, 5.41) is 9.57. The lowest BCUT2D eigenvalue weighted by Crippen LogP contribution is -2.13. The normalized spacial score (nSPS) is 12.4. The van der Waals surface area contributed by atoms with Crippen molar-refractivity contribution < 1.29 is 5.11 Å². The van der Waals surface area contributed by atoms with E-state index in [1.54, 1.807) is 13.8 Å². The lowest BCUT2D eigenvalue weighted by Gasteiger charge is -2.11. The quantitative estimate of drug-likeness (QED) is 0.759. The summed E-state index contributed by atoms with van der Waals surface area (Å²) in [5.41, 5.74) is 2.94. The number of hydrogen-bond donors (Lipinski definition) is 1. The molecule has 0 amide bonds. The lowest BCUT2D eigenvalue weighted by molar-refractivity contribution is 0.134. The summed E-state index contributed by atoms with van der Waals surface area (Å²) in [6.07, 6.45) is 3.81. The molecule has 0 saturated carbocycles. The van der Waals surface area contributed by atoms with Gasteiger partial charge in [0, 0.05) is 0 Å². The molecule has 0 aliphatic rings. The van der Waals surface area contributed by atoms with Gasteiger partial charge < -0.3 is 5.11 Å². The Labute approximate surface area is 86.1 Å². The highest BCUT2D eigenvalue weighted by molar-refractivity contribution is 5.58. The van der Waals surface area contributed by atoms with E-state index < -0.39 is 5.60 Å². The molecule has 0 fully saturated rings. The van der Waals surface area contributed by atoms with Crippen LogP contribution in [0.5, 0.6) is 0 Å². The minimum absolute atomic E-state index is 0.741. The van der Waals surface area contributed by atoms with Crippen LogP contribution >= 0.6 is 0 Å². The molecule has 0 atom stereocenters. The molecule has 0 unspecified atom stereocenters. The van der Waals surface area contributed by atoms with Gasteiger partial charge in [0.25, 0.3) is 0 Å². The summed E-state index contributed by atoms with van der Waals surface area (Å²) in [4.78, 5) is 0. The van der Waals surface area contributed by atoms with Crippen LogP contribution in [0.3, 0.4) is 0 Å². The van der Waals surface area contributed by atoms with Crippen molar-refractivity contribution in [2.24, 2.45) is 0 Å². The average Bonchev–Trinajstić information content (AvgIpc) is 2.01. The van der Waals surface area contributed by atoms with Crippen LogP contribution in [0.2, 0.25) is 0 Å². The van der Waals surface area contributed by atoms with Gasteiger partial charge in [-0.05, 0) is 44.4 Å². The van der Waals surface area contributed by atoms with E-state index in [1.165, 1.54) is 16.7 Å². The first-order chi connectivity index (χ1) is 6.40. The molecule has 0 bridgehead atoms. The van der Waals surface area contributed by atoms with Gasteiger partial charge in [0.15, 0.2) is 0 Å². The Hall–Kier alpha value is -1.08. The third-order valence-corrected chi connectivity index (χ3v) is 2.20. The van der Waals surface area contributed by atoms with Gasteiger partial charge in [0.1, 0.15) is 0 Å². The monoisotopic (exact) mass is 190 g/mol. The fourth-order valence-corrected chi connectivity index (χ4v) is 1.38. The van der Waals surface area contributed by atoms with Gasteiger partial charge in [-0.3, -0.25) is 0 Å². The molecule has 0 radical (unpaired) electrons. The highest BCUT2D eigenvalue weighted by Gasteiger charge is 2.06. The molecule has 1 N–H and O–H groups in total. The average molecular weight is 190 g/mol. The number of rotatable bonds is 2. The molecule has 0 aromatic heterocycles. The lowest BCUT2D eigenvalue weighted by atomic mass is 10.0. The SMILES string of the molecule is Cc1cccc(C)c1/C=C\C(C)(C)O. The molecular weight excluding hydrogens is 172 g/mol. The van der Waals surface area contributed by atoms with E-state index in [0.717, 1.165) is 0 Å². The van der Waals surface area contributed by atoms with Crippen LogP contribution in [-0.4, -0.2) is 10.7 Å². The third-order valence-electron chi connectivity index (χ3n) is 2.20. The molecule has 76 valence electrons. The van der Waals surface area contributed by atoms with E-state index >= 15 is 0 Å². The van der Waals surface area contributed by atoms with Crippen molar-refractivity contribution in [2.75, 3.05) is 0 Å². The van der Waals surface area contributed by atoms with Crippen molar-refractivity contribution in [1.82, 2.24) is 0 Å². The molecule has 0 aliphatic heterocycles. The van der Waals surface area contributed by atoms with Gasteiger partial charge in [-0.2, -0.15) is 0 Å². The molecule has 1 heteroatoms. The van der Waals surface area contributed by atoms with Gasteiger partial charge in [-0.25, -0.2) is 0 Å². The van der Waals surface area contributed by atoms with E-state index in [9.17, 15) is 5.11 Å². The first kappa shape index (κ1) is 11.0. The Bertz CT molecular complexity index is 322. The fourth-order valence-electron chi connectivity index (χ4n) is 1.38. The fraction of sp³-hybridized carbons (Fsp3) is 0.385. The smallest absolute Gasteiger partial charge is 0.0774 e. The van der Waals surface area contributed by atoms with Gasteiger partial charge in [0.05, 0.1) is 5.60 Å². The van der Waals surface area contributed by atoms with Gasteiger partial charge >= 0.3 is 0 Å². The van der Waals surface area contributed by atoms with Crippen LogP contribution in [0.1, 0.15) is 30.5 Å². The standard InChI is InChI=1S/C13H18O/c1-10-6-5-7-11(2)12(10)8-9-13(3,4)14/h5-9,14H,1-4H3/b9-8-. The molecule has 1 nitrogen and oxygen atoms in total. The van der Waals surface area contributed by atoms with Crippen molar-refractivity contribution in [3.05, 3.63) is 41.0 Å². The summed E-state index contributed by atoms with van der Waals surface area (Å²) in [6.45, 7) is 7.71. The van der Waals surface area contributed by atoms with Crippen molar-refractivity contribution in [3.63, 3.8) is 0 Å². The number of benzene rings is 1. The number of hydrogen-bond acceptors (Lipinski definition) is 1. The summed E-state index contributed by atoms with van der Waals surface area (Å²) in [5.74, 6) is 0. The van der Waals surface area contributed by atoms with Crippen LogP contribution in [0.25, 0.3) is 6.08 Å². The topological polar surface area (TPSA) is 20.2 Å². The Balaban J connectivity index is 3.03. The van der Waals surface area contributed by atoms with E-state index in [2.05, 4.69) is 26.0 Å². The van der Waals surface area contributed by atoms with Crippen LogP contribution in [0.4, 0.5) is 0 Å². The minimum Gasteiger partial charge on any atom is -0.386 e. The zero-order chi connectivity index (χ0) is 10.8. The molecule has 1 rings (SSSR count). The van der Waals surface area contributed by atoms with Crippen molar-refractivity contribution in [2.45, 2.75) is 33.3 Å². The molecule has 0 aliphatic carbocycles. The molecule has 1 aromatic carbocycles. The summed E-state index contributed by atoms with van der Waals surface area (Å²) in [7, 11) is 0. The Morgan fingerprint density at radius 3 is 2.07 bits per heavy atom. The van der Waals surface area contributed by atoms with E-state index in [4.69, 9.17) is 0 Å². The zero-order valence-electron chi connectivity index (χ0n) is 9.33. The molecule has 1 aromatic rings. The van der Waals surface area contributed by atoms with E-state index in [1.807, 2.05) is 18.2 Å². The Kier molecular flexibility index (Phi) is 3.12. The van der Waals surface area contributed by atoms with Gasteiger partial charge in [0.2, 0.25) is 0 Å². The van der Waals surface area contributed by atoms with Crippen molar-refractivity contribution in [1.29, 1.82) is 0 Å². The summed E-state index contributed by atoms with van der Waals surface area (Å²) < 4.78 is 0. The highest BCUT2D eigenvalue weighted by atomic mass is 16.3. The van der Waals surface area contributed by atoms with Crippen LogP contribution < -0.4 is 0 Å². The predicted octanol–water partition coefficient (Wildman–Crippen LogP) is 3.09. The third kappa shape index (κ3) is 3.00. The first-order valence-corrected chi connectivity index (χ1v) is 4.88. The minimum atomic E-state index is -0.741. The molecule has 0 spiro atoms. The second-order valence-electron chi connectivity index (χ2n) is 4.29.